The van der Waals surface area contributed by atoms with E-state index >= 15 is 0 Å². The van der Waals surface area contributed by atoms with Crippen LogP contribution in [0.4, 0.5) is 0 Å². The average molecular weight is 599 g/mol. The van der Waals surface area contributed by atoms with Crippen LogP contribution < -0.4 is 20.7 Å². The summed E-state index contributed by atoms with van der Waals surface area (Å²) < 4.78 is 0. The zero-order valence-electron chi connectivity index (χ0n) is 24.5. The molecule has 0 nitrogen and oxygen atoms in total. The Kier molecular flexibility index (Phi) is 7.85. The summed E-state index contributed by atoms with van der Waals surface area (Å²) in [5.41, 5.74) is 0. The Hall–Kier alpha value is -4.89. The van der Waals surface area contributed by atoms with Crippen LogP contribution in [-0.2, 0) is 0 Å². The number of rotatable bonds is 8. The van der Waals surface area contributed by atoms with Crippen molar-refractivity contribution < 1.29 is 0 Å². The normalized spacial score (nSPS) is 12.0. The first kappa shape index (κ1) is 27.9. The smallest absolute Gasteiger partial charge is 0.133 e. The molecule has 7 aromatic rings. The Morgan fingerprint density at radius 1 is 0.227 bits per heavy atom. The van der Waals surface area contributed by atoms with Gasteiger partial charge in [-0.05, 0) is 69.3 Å². The van der Waals surface area contributed by atoms with E-state index in [0.29, 0.717) is 0 Å². The molecule has 0 spiro atoms. The molecule has 0 heterocycles. The number of benzene rings is 7. The van der Waals surface area contributed by atoms with Gasteiger partial charge in [-0.25, -0.2) is 0 Å². The van der Waals surface area contributed by atoms with Crippen LogP contribution in [0.25, 0.3) is 0 Å². The number of hydrogen-bond donors (Lipinski definition) is 0. The molecule has 0 aliphatic rings. The molecule has 7 rings (SSSR count). The molecule has 0 radical (unpaired) electrons. The molecule has 0 aliphatic carbocycles. The first-order valence-corrected chi connectivity index (χ1v) is 18.7. The predicted octanol–water partition coefficient (Wildman–Crippen LogP) is 8.40. The zero-order valence-corrected chi connectivity index (χ0v) is 26.4. The molecule has 0 saturated carbocycles. The minimum Gasteiger partial charge on any atom is -0.133 e. The molecule has 0 amide bonds. The molecule has 0 N–H and O–H groups in total. The van der Waals surface area contributed by atoms with Crippen molar-refractivity contribution in [2.45, 2.75) is 19.6 Å². The monoisotopic (exact) mass is 598 g/mol. The summed E-state index contributed by atoms with van der Waals surface area (Å²) in [4.78, 5) is 5.34. The van der Waals surface area contributed by atoms with E-state index in [9.17, 15) is 0 Å². The van der Waals surface area contributed by atoms with Gasteiger partial charge in [-0.1, -0.05) is 158 Å². The highest BCUT2D eigenvalue weighted by molar-refractivity contribution is 8.34. The van der Waals surface area contributed by atoms with Gasteiger partial charge in [0.15, 0.2) is 8.07 Å². The maximum atomic E-state index is 2.44. The van der Waals surface area contributed by atoms with E-state index in [1.807, 2.05) is 0 Å². The molecule has 7 aromatic carbocycles. The van der Waals surface area contributed by atoms with Crippen LogP contribution in [0.5, 0.6) is 0 Å². The van der Waals surface area contributed by atoms with E-state index in [0.717, 1.165) is 0 Å². The second-order valence-electron chi connectivity index (χ2n) is 10.9. The molecule has 2 heteroatoms. The third-order valence-electron chi connectivity index (χ3n) is 8.55. The Morgan fingerprint density at radius 2 is 0.455 bits per heavy atom. The second kappa shape index (κ2) is 12.4. The van der Waals surface area contributed by atoms with Gasteiger partial charge in [-0.2, -0.15) is 0 Å². The van der Waals surface area contributed by atoms with Crippen LogP contribution in [0.2, 0.25) is 0 Å². The standard InChI is InChI=1S/C42H34SSi/c1-7-19-35(20-8-1)43(36-21-9-2-10-22-36,37-23-11-3-12-24-37)38-31-33-42(34-32-38)44(39-25-13-4-14-26-39,40-27-15-5-16-28-40)41-29-17-6-18-30-41/h1-34H. The van der Waals surface area contributed by atoms with Crippen molar-refractivity contribution in [2.24, 2.45) is 0 Å². The molecule has 0 aliphatic heterocycles. The van der Waals surface area contributed by atoms with Crippen molar-refractivity contribution >= 4 is 38.8 Å². The summed E-state index contributed by atoms with van der Waals surface area (Å²) in [7, 11) is -4.36. The van der Waals surface area contributed by atoms with Gasteiger partial charge in [0.2, 0.25) is 0 Å². The fraction of sp³-hybridized carbons (Fsp3) is 0. The van der Waals surface area contributed by atoms with E-state index in [2.05, 4.69) is 206 Å². The van der Waals surface area contributed by atoms with Crippen LogP contribution in [0.3, 0.4) is 0 Å². The maximum Gasteiger partial charge on any atom is 0.179 e. The van der Waals surface area contributed by atoms with Crippen LogP contribution in [-0.4, -0.2) is 8.07 Å². The lowest BCUT2D eigenvalue weighted by Crippen LogP contribution is -2.74. The maximum absolute atomic E-state index is 2.61. The van der Waals surface area contributed by atoms with Crippen LogP contribution >= 0.6 is 10.0 Å². The molecule has 0 bridgehead atoms. The fourth-order valence-corrected chi connectivity index (χ4v) is 15.3. The Balaban J connectivity index is 1.52. The van der Waals surface area contributed by atoms with Gasteiger partial charge in [0.25, 0.3) is 0 Å². The van der Waals surface area contributed by atoms with Crippen molar-refractivity contribution in [1.82, 2.24) is 0 Å². The summed E-state index contributed by atoms with van der Waals surface area (Å²) >= 11 is 0. The molecule has 0 atom stereocenters. The van der Waals surface area contributed by atoms with Gasteiger partial charge in [-0.15, -0.1) is 10.0 Å². The highest BCUT2D eigenvalue weighted by Crippen LogP contribution is 2.73. The van der Waals surface area contributed by atoms with Crippen molar-refractivity contribution in [3.8, 4) is 0 Å². The summed E-state index contributed by atoms with van der Waals surface area (Å²) in [5.74, 6) is 0. The molecular weight excluding hydrogens is 565 g/mol. The van der Waals surface area contributed by atoms with E-state index in [1.165, 1.54) is 40.3 Å². The van der Waals surface area contributed by atoms with Crippen molar-refractivity contribution in [3.05, 3.63) is 206 Å². The van der Waals surface area contributed by atoms with Gasteiger partial charge in [0.1, 0.15) is 0 Å². The van der Waals surface area contributed by atoms with E-state index in [4.69, 9.17) is 0 Å². The minimum absolute atomic E-state index is 1.34. The largest absolute Gasteiger partial charge is 0.179 e. The Morgan fingerprint density at radius 3 is 0.750 bits per heavy atom. The average Bonchev–Trinajstić information content (AvgIpc) is 3.12. The Bertz CT molecular complexity index is 1570. The van der Waals surface area contributed by atoms with Crippen molar-refractivity contribution in [1.29, 1.82) is 0 Å². The third kappa shape index (κ3) is 4.73. The van der Waals surface area contributed by atoms with Gasteiger partial charge in [-0.3, -0.25) is 0 Å². The first-order valence-electron chi connectivity index (χ1n) is 15.1. The van der Waals surface area contributed by atoms with Crippen LogP contribution in [0, 0.1) is 0 Å². The van der Waals surface area contributed by atoms with Gasteiger partial charge in [0, 0.05) is 19.6 Å². The SMILES string of the molecule is c1ccc([Si](c2ccccc2)(c2ccccc2)c2ccc(S(c3ccccc3)(c3ccccc3)c3ccccc3)cc2)cc1. The van der Waals surface area contributed by atoms with Crippen LogP contribution in [0.1, 0.15) is 0 Å². The van der Waals surface area contributed by atoms with E-state index < -0.39 is 18.1 Å². The van der Waals surface area contributed by atoms with Crippen LogP contribution in [0.15, 0.2) is 226 Å². The summed E-state index contributed by atoms with van der Waals surface area (Å²) in [5, 5.41) is 5.54. The predicted molar refractivity (Wildman–Crippen MR) is 190 cm³/mol. The quantitative estimate of drug-likeness (QED) is 0.122. The van der Waals surface area contributed by atoms with E-state index in [1.54, 1.807) is 0 Å². The van der Waals surface area contributed by atoms with Gasteiger partial charge < -0.3 is 0 Å². The highest BCUT2D eigenvalue weighted by Gasteiger charge is 2.42. The van der Waals surface area contributed by atoms with E-state index in [-0.39, 0.29) is 0 Å². The molecule has 0 aromatic heterocycles. The Labute approximate surface area is 263 Å². The molecule has 0 unspecified atom stereocenters. The minimum atomic E-state index is -2.61. The lowest BCUT2D eigenvalue weighted by atomic mass is 10.3. The highest BCUT2D eigenvalue weighted by atomic mass is 32.3. The van der Waals surface area contributed by atoms with Gasteiger partial charge >= 0.3 is 0 Å². The molecular formula is C42H34SSi. The summed E-state index contributed by atoms with van der Waals surface area (Å²) in [6, 6.07) is 76.4. The number of hydrogen-bond acceptors (Lipinski definition) is 0. The topological polar surface area (TPSA) is 0 Å². The summed E-state index contributed by atoms with van der Waals surface area (Å²) in [6.07, 6.45) is 0. The molecule has 0 fully saturated rings. The first-order chi connectivity index (χ1) is 21.8. The lowest BCUT2D eigenvalue weighted by molar-refractivity contribution is 1.24. The van der Waals surface area contributed by atoms with Gasteiger partial charge in [0.05, 0.1) is 0 Å². The molecule has 212 valence electrons. The molecule has 44 heavy (non-hydrogen) atoms. The molecule has 0 saturated heterocycles. The van der Waals surface area contributed by atoms with Crippen molar-refractivity contribution in [3.63, 3.8) is 0 Å². The third-order valence-corrected chi connectivity index (χ3v) is 17.3. The van der Waals surface area contributed by atoms with Crippen molar-refractivity contribution in [2.75, 3.05) is 0 Å². The summed E-state index contributed by atoms with van der Waals surface area (Å²) in [6.45, 7) is 0. The second-order valence-corrected chi connectivity index (χ2v) is 17.8. The lowest BCUT2D eigenvalue weighted by Gasteiger charge is -2.42. The fourth-order valence-electron chi connectivity index (χ4n) is 6.66. The zero-order chi connectivity index (χ0) is 29.7.